The minimum absolute atomic E-state index is 0.0142. The molecular weight excluding hydrogens is 396 g/mol. The van der Waals surface area contributed by atoms with Crippen LogP contribution in [0.5, 0.6) is 0 Å². The molecule has 30 heavy (non-hydrogen) atoms. The Labute approximate surface area is 174 Å². The zero-order chi connectivity index (χ0) is 22.9. The molecule has 0 spiro atoms. The summed E-state index contributed by atoms with van der Waals surface area (Å²) in [6, 6.07) is 3.84. The Hall–Kier alpha value is -2.98. The molecule has 0 saturated heterocycles. The Morgan fingerprint density at radius 1 is 1.03 bits per heavy atom. The van der Waals surface area contributed by atoms with Crippen molar-refractivity contribution < 1.29 is 38.5 Å². The number of hydroxylamine groups is 2. The fourth-order valence-corrected chi connectivity index (χ4v) is 2.78. The summed E-state index contributed by atoms with van der Waals surface area (Å²) in [5.74, 6) is -2.43. The van der Waals surface area contributed by atoms with E-state index in [0.29, 0.717) is 6.42 Å². The first-order chi connectivity index (χ1) is 13.7. The Morgan fingerprint density at radius 3 is 2.20 bits per heavy atom. The third-order valence-electron chi connectivity index (χ3n) is 3.87. The molecule has 1 aromatic carbocycles. The molecule has 0 aromatic heterocycles. The maximum atomic E-state index is 12.5. The van der Waals surface area contributed by atoms with Crippen LogP contribution in [0.4, 0.5) is 4.79 Å². The molecular formula is C20H26N2O8. The van der Waals surface area contributed by atoms with E-state index in [4.69, 9.17) is 20.2 Å². The third kappa shape index (κ3) is 5.77. The molecule has 1 aliphatic rings. The minimum atomic E-state index is -1.31. The predicted molar refractivity (Wildman–Crippen MR) is 103 cm³/mol. The summed E-state index contributed by atoms with van der Waals surface area (Å²) in [5, 5.41) is 0.250. The van der Waals surface area contributed by atoms with Crippen LogP contribution >= 0.6 is 0 Å². The summed E-state index contributed by atoms with van der Waals surface area (Å²) in [5.41, 5.74) is 3.60. The van der Waals surface area contributed by atoms with Crippen LogP contribution in [0.1, 0.15) is 79.0 Å². The molecule has 0 radical (unpaired) electrons. The molecule has 10 heteroatoms. The number of primary amides is 1. The van der Waals surface area contributed by atoms with E-state index < -0.39 is 41.2 Å². The van der Waals surface area contributed by atoms with Crippen LogP contribution in [0.15, 0.2) is 18.2 Å². The number of esters is 1. The highest BCUT2D eigenvalue weighted by molar-refractivity contribution is 6.21. The van der Waals surface area contributed by atoms with Crippen molar-refractivity contribution in [1.29, 1.82) is 0 Å². The van der Waals surface area contributed by atoms with E-state index in [1.165, 1.54) is 18.2 Å². The molecule has 2 N–H and O–H groups in total. The highest BCUT2D eigenvalue weighted by Crippen LogP contribution is 2.26. The van der Waals surface area contributed by atoms with Gasteiger partial charge in [0.25, 0.3) is 11.8 Å². The molecule has 1 aromatic rings. The summed E-state index contributed by atoms with van der Waals surface area (Å²) in [6.45, 7) is 10.8. The number of rotatable bonds is 7. The predicted octanol–water partition coefficient (Wildman–Crippen LogP) is 2.75. The van der Waals surface area contributed by atoms with Crippen LogP contribution in [0.2, 0.25) is 0 Å². The van der Waals surface area contributed by atoms with Gasteiger partial charge in [-0.1, -0.05) is 5.06 Å². The van der Waals surface area contributed by atoms with Gasteiger partial charge in [-0.2, -0.15) is 0 Å². The van der Waals surface area contributed by atoms with Crippen molar-refractivity contribution in [1.82, 2.24) is 5.06 Å². The second kappa shape index (κ2) is 8.41. The molecule has 2 rings (SSSR count). The molecule has 1 heterocycles. The molecule has 1 aliphatic heterocycles. The van der Waals surface area contributed by atoms with Gasteiger partial charge in [-0.3, -0.25) is 9.59 Å². The maximum Gasteiger partial charge on any atom is 0.429 e. The number of ether oxygens (including phenoxy) is 1. The van der Waals surface area contributed by atoms with Crippen molar-refractivity contribution >= 4 is 23.9 Å². The van der Waals surface area contributed by atoms with Gasteiger partial charge < -0.3 is 15.3 Å². The van der Waals surface area contributed by atoms with Gasteiger partial charge >= 0.3 is 12.1 Å². The Morgan fingerprint density at radius 2 is 1.63 bits per heavy atom. The Bertz CT molecular complexity index is 872. The van der Waals surface area contributed by atoms with Crippen LogP contribution < -0.4 is 5.73 Å². The topological polar surface area (TPSA) is 134 Å². The van der Waals surface area contributed by atoms with E-state index in [1.54, 1.807) is 20.8 Å². The smallest absolute Gasteiger partial charge is 0.429 e. The maximum absolute atomic E-state index is 12.5. The monoisotopic (exact) mass is 422 g/mol. The molecule has 0 saturated carbocycles. The van der Waals surface area contributed by atoms with Gasteiger partial charge in [0.05, 0.1) is 22.3 Å². The fourth-order valence-electron chi connectivity index (χ4n) is 2.78. The van der Waals surface area contributed by atoms with Gasteiger partial charge in [0.1, 0.15) is 11.7 Å². The quantitative estimate of drug-likeness (QED) is 0.307. The number of fused-ring (bicyclic) bond motifs is 1. The van der Waals surface area contributed by atoms with Crippen molar-refractivity contribution in [3.8, 4) is 0 Å². The summed E-state index contributed by atoms with van der Waals surface area (Å²) >= 11 is 0. The van der Waals surface area contributed by atoms with Crippen LogP contribution in [-0.2, 0) is 19.3 Å². The lowest BCUT2D eigenvalue weighted by Gasteiger charge is -2.30. The first-order valence-electron chi connectivity index (χ1n) is 9.28. The summed E-state index contributed by atoms with van der Waals surface area (Å²) < 4.78 is 5.43. The van der Waals surface area contributed by atoms with Gasteiger partial charge in [-0.05, 0) is 59.7 Å². The number of imide groups is 1. The summed E-state index contributed by atoms with van der Waals surface area (Å²) in [4.78, 5) is 63.0. The van der Waals surface area contributed by atoms with Crippen LogP contribution in [0.25, 0.3) is 0 Å². The summed E-state index contributed by atoms with van der Waals surface area (Å²) in [7, 11) is 0. The zero-order valence-electron chi connectivity index (χ0n) is 17.8. The van der Waals surface area contributed by atoms with Crippen molar-refractivity contribution in [3.05, 3.63) is 34.9 Å². The normalized spacial score (nSPS) is 15.1. The molecule has 1 atom stereocenters. The molecule has 10 nitrogen and oxygen atoms in total. The lowest BCUT2D eigenvalue weighted by Crippen LogP contribution is -2.34. The number of nitrogens with zero attached hydrogens (tertiary/aromatic N) is 1. The van der Waals surface area contributed by atoms with Gasteiger partial charge in [0, 0.05) is 6.42 Å². The average Bonchev–Trinajstić information content (AvgIpc) is 2.83. The number of benzene rings is 1. The van der Waals surface area contributed by atoms with Crippen LogP contribution in [-0.4, -0.2) is 46.2 Å². The second-order valence-electron chi connectivity index (χ2n) is 8.53. The van der Waals surface area contributed by atoms with E-state index in [0.717, 1.165) is 0 Å². The highest BCUT2D eigenvalue weighted by Gasteiger charge is 2.39. The lowest BCUT2D eigenvalue weighted by molar-refractivity contribution is -0.399. The van der Waals surface area contributed by atoms with E-state index in [9.17, 15) is 19.2 Å². The van der Waals surface area contributed by atoms with Crippen molar-refractivity contribution in [2.24, 2.45) is 5.73 Å². The molecule has 3 amide bonds. The van der Waals surface area contributed by atoms with Gasteiger partial charge in [0.2, 0.25) is 0 Å². The first-order valence-corrected chi connectivity index (χ1v) is 9.28. The van der Waals surface area contributed by atoms with E-state index >= 15 is 0 Å². The average molecular weight is 422 g/mol. The molecule has 164 valence electrons. The van der Waals surface area contributed by atoms with E-state index in [1.807, 2.05) is 20.8 Å². The minimum Gasteiger partial charge on any atom is -0.459 e. The van der Waals surface area contributed by atoms with Crippen molar-refractivity contribution in [3.63, 3.8) is 0 Å². The van der Waals surface area contributed by atoms with Gasteiger partial charge in [-0.25, -0.2) is 19.4 Å². The number of amides is 3. The third-order valence-corrected chi connectivity index (χ3v) is 3.87. The SMILES string of the molecule is CC(CC(C)(C)OOC(C)(C)C)OC(=O)c1ccc2c(c1)C(=O)N(OC(N)=O)C2=O. The van der Waals surface area contributed by atoms with E-state index in [-0.39, 0.29) is 21.8 Å². The molecule has 1 unspecified atom stereocenters. The Balaban J connectivity index is 2.05. The van der Waals surface area contributed by atoms with Crippen molar-refractivity contribution in [2.75, 3.05) is 0 Å². The van der Waals surface area contributed by atoms with Crippen LogP contribution in [0.3, 0.4) is 0 Å². The molecule has 0 aliphatic carbocycles. The van der Waals surface area contributed by atoms with Gasteiger partial charge in [0.15, 0.2) is 0 Å². The highest BCUT2D eigenvalue weighted by atomic mass is 17.2. The van der Waals surface area contributed by atoms with Gasteiger partial charge in [-0.15, -0.1) is 0 Å². The number of carbonyl (C=O) groups is 4. The standard InChI is InChI=1S/C20H26N2O8/c1-11(10-20(5,6)30-29-19(2,3)4)27-17(25)12-7-8-13-14(9-12)16(24)22(15(13)23)28-18(21)26/h7-9,11H,10H2,1-6H3,(H2,21,26). The number of carbonyl (C=O) groups excluding carboxylic acids is 4. The molecule has 0 bridgehead atoms. The van der Waals surface area contributed by atoms with Crippen LogP contribution in [0, 0.1) is 0 Å². The largest absolute Gasteiger partial charge is 0.459 e. The first kappa shape index (κ1) is 23.3. The number of nitrogens with two attached hydrogens (primary N) is 1. The fraction of sp³-hybridized carbons (Fsp3) is 0.500. The second-order valence-corrected chi connectivity index (χ2v) is 8.53. The van der Waals surface area contributed by atoms with E-state index in [2.05, 4.69) is 4.84 Å². The zero-order valence-corrected chi connectivity index (χ0v) is 17.8. The summed E-state index contributed by atoms with van der Waals surface area (Å²) in [6.07, 6.45) is -1.49. The Kier molecular flexibility index (Phi) is 6.53. The lowest BCUT2D eigenvalue weighted by atomic mass is 10.0. The molecule has 0 fully saturated rings. The number of hydrogen-bond donors (Lipinski definition) is 1. The van der Waals surface area contributed by atoms with Crippen molar-refractivity contribution in [2.45, 2.75) is 65.3 Å². The number of hydrogen-bond acceptors (Lipinski definition) is 8.